The van der Waals surface area contributed by atoms with Gasteiger partial charge in [-0.25, -0.2) is 9.18 Å². The van der Waals surface area contributed by atoms with E-state index in [9.17, 15) is 13.7 Å². The Labute approximate surface area is 120 Å². The summed E-state index contributed by atoms with van der Waals surface area (Å²) in [6, 6.07) is 2.06. The van der Waals surface area contributed by atoms with E-state index in [0.717, 1.165) is 0 Å². The van der Waals surface area contributed by atoms with Crippen LogP contribution >= 0.6 is 0 Å². The zero-order valence-electron chi connectivity index (χ0n) is 11.7. The number of carboxylic acids is 1. The molecule has 2 atom stereocenters. The molecule has 0 bridgehead atoms. The van der Waals surface area contributed by atoms with E-state index in [1.807, 2.05) is 20.8 Å². The molecular formula is C14H18FNO3S. The summed E-state index contributed by atoms with van der Waals surface area (Å²) < 4.78 is 28.6. The van der Waals surface area contributed by atoms with Crippen molar-refractivity contribution in [2.24, 2.45) is 0 Å². The first-order valence-corrected chi connectivity index (χ1v) is 7.59. The van der Waals surface area contributed by atoms with Crippen molar-refractivity contribution in [2.45, 2.75) is 44.4 Å². The lowest BCUT2D eigenvalue weighted by Crippen LogP contribution is -2.40. The van der Waals surface area contributed by atoms with Crippen molar-refractivity contribution in [3.8, 4) is 0 Å². The quantitative estimate of drug-likeness (QED) is 0.841. The van der Waals surface area contributed by atoms with E-state index in [4.69, 9.17) is 5.11 Å². The van der Waals surface area contributed by atoms with E-state index in [2.05, 4.69) is 4.72 Å². The largest absolute Gasteiger partial charge is 0.598 e. The van der Waals surface area contributed by atoms with Gasteiger partial charge in [-0.2, -0.15) is 0 Å². The topological polar surface area (TPSA) is 72.4 Å². The first kappa shape index (κ1) is 15.3. The van der Waals surface area contributed by atoms with Crippen LogP contribution in [0.25, 0.3) is 0 Å². The summed E-state index contributed by atoms with van der Waals surface area (Å²) >= 11 is -1.32. The molecule has 0 amide bonds. The maximum atomic E-state index is 14.0. The molecule has 0 heterocycles. The number of carbonyl (C=O) groups is 1. The Morgan fingerprint density at radius 2 is 2.15 bits per heavy atom. The Morgan fingerprint density at radius 1 is 1.50 bits per heavy atom. The van der Waals surface area contributed by atoms with Crippen LogP contribution in [-0.2, 0) is 17.8 Å². The average molecular weight is 299 g/mol. The number of carboxylic acid groups (broad SMARTS) is 1. The van der Waals surface area contributed by atoms with E-state index in [0.29, 0.717) is 24.0 Å². The minimum atomic E-state index is -1.32. The number of hydrogen-bond donors (Lipinski definition) is 2. The molecule has 0 saturated carbocycles. The van der Waals surface area contributed by atoms with Crippen LogP contribution in [0.5, 0.6) is 0 Å². The van der Waals surface area contributed by atoms with Gasteiger partial charge in [0.05, 0.1) is 11.6 Å². The van der Waals surface area contributed by atoms with Gasteiger partial charge in [-0.1, -0.05) is 0 Å². The first-order valence-electron chi connectivity index (χ1n) is 6.44. The van der Waals surface area contributed by atoms with E-state index in [1.54, 1.807) is 0 Å². The zero-order valence-corrected chi connectivity index (χ0v) is 12.5. The van der Waals surface area contributed by atoms with Crippen LogP contribution in [0.2, 0.25) is 0 Å². The highest BCUT2D eigenvalue weighted by molar-refractivity contribution is 7.90. The predicted octanol–water partition coefficient (Wildman–Crippen LogP) is 2.56. The Morgan fingerprint density at radius 3 is 2.70 bits per heavy atom. The minimum absolute atomic E-state index is 0.132. The highest BCUT2D eigenvalue weighted by Crippen LogP contribution is 2.36. The molecule has 1 aromatic carbocycles. The summed E-state index contributed by atoms with van der Waals surface area (Å²) in [5, 5.41) is 9.13. The van der Waals surface area contributed by atoms with Gasteiger partial charge >= 0.3 is 5.97 Å². The van der Waals surface area contributed by atoms with Gasteiger partial charge in [0.2, 0.25) is 0 Å². The molecule has 0 fully saturated rings. The average Bonchev–Trinajstić information content (AvgIpc) is 2.72. The molecule has 20 heavy (non-hydrogen) atoms. The molecule has 4 nitrogen and oxygen atoms in total. The maximum Gasteiger partial charge on any atom is 0.335 e. The second-order valence-electron chi connectivity index (χ2n) is 5.88. The Hall–Kier alpha value is -1.11. The number of hydrogen-bond acceptors (Lipinski definition) is 3. The van der Waals surface area contributed by atoms with Crippen LogP contribution in [0.4, 0.5) is 4.39 Å². The van der Waals surface area contributed by atoms with Crippen molar-refractivity contribution < 1.29 is 18.8 Å². The fraction of sp³-hybridized carbons (Fsp3) is 0.500. The number of benzene rings is 1. The fourth-order valence-electron chi connectivity index (χ4n) is 2.34. The molecule has 0 spiro atoms. The van der Waals surface area contributed by atoms with Crippen molar-refractivity contribution in [3.63, 3.8) is 0 Å². The Kier molecular flexibility index (Phi) is 4.09. The van der Waals surface area contributed by atoms with Crippen LogP contribution in [0.1, 0.15) is 54.7 Å². The van der Waals surface area contributed by atoms with Crippen molar-refractivity contribution in [1.29, 1.82) is 0 Å². The number of halogens is 1. The number of aromatic carboxylic acids is 1. The monoisotopic (exact) mass is 299 g/mol. The molecule has 1 aliphatic rings. The maximum absolute atomic E-state index is 14.0. The lowest BCUT2D eigenvalue weighted by atomic mass is 10.0. The lowest BCUT2D eigenvalue weighted by Gasteiger charge is -2.26. The minimum Gasteiger partial charge on any atom is -0.598 e. The van der Waals surface area contributed by atoms with Crippen LogP contribution < -0.4 is 4.72 Å². The van der Waals surface area contributed by atoms with Crippen LogP contribution in [0.15, 0.2) is 12.1 Å². The standard InChI is InChI=1S/C14H18FNO3S/c1-14(2,3)20(19)16-11-7-5-8-9(13(17)18)4-6-10(15)12(8)11/h4,6,11,16H,5,7H2,1-3H3,(H,17,18)/t11?,20-/m1/s1. The first-order chi connectivity index (χ1) is 9.21. The number of fused-ring (bicyclic) bond motifs is 1. The normalized spacial score (nSPS) is 19.8. The summed E-state index contributed by atoms with van der Waals surface area (Å²) in [5.74, 6) is -1.50. The molecule has 0 aliphatic heterocycles. The third-order valence-electron chi connectivity index (χ3n) is 3.37. The number of rotatable bonds is 3. The van der Waals surface area contributed by atoms with Crippen molar-refractivity contribution in [1.82, 2.24) is 4.72 Å². The van der Waals surface area contributed by atoms with Crippen LogP contribution in [0, 0.1) is 5.82 Å². The Bertz CT molecular complexity index is 542. The molecule has 0 aromatic heterocycles. The third-order valence-corrected chi connectivity index (χ3v) is 4.98. The van der Waals surface area contributed by atoms with Crippen molar-refractivity contribution in [3.05, 3.63) is 34.6 Å². The molecule has 6 heteroatoms. The van der Waals surface area contributed by atoms with Gasteiger partial charge in [0.15, 0.2) is 0 Å². The SMILES string of the molecule is CC(C)(C)[S@@+]([O-])NC1CCc2c(C(=O)O)ccc(F)c21. The smallest absolute Gasteiger partial charge is 0.335 e. The van der Waals surface area contributed by atoms with Crippen molar-refractivity contribution >= 4 is 17.3 Å². The summed E-state index contributed by atoms with van der Waals surface area (Å²) in [6.45, 7) is 5.49. The third kappa shape index (κ3) is 2.82. The van der Waals surface area contributed by atoms with E-state index >= 15 is 0 Å². The molecule has 1 aliphatic carbocycles. The highest BCUT2D eigenvalue weighted by Gasteiger charge is 2.36. The molecule has 2 N–H and O–H groups in total. The van der Waals surface area contributed by atoms with E-state index < -0.39 is 33.9 Å². The predicted molar refractivity (Wildman–Crippen MR) is 75.5 cm³/mol. The van der Waals surface area contributed by atoms with E-state index in [-0.39, 0.29) is 5.56 Å². The van der Waals surface area contributed by atoms with Gasteiger partial charge in [0.1, 0.15) is 10.6 Å². The highest BCUT2D eigenvalue weighted by atomic mass is 32.2. The second kappa shape index (κ2) is 5.35. The molecule has 0 radical (unpaired) electrons. The zero-order chi connectivity index (χ0) is 15.1. The molecular weight excluding hydrogens is 281 g/mol. The van der Waals surface area contributed by atoms with Gasteiger partial charge in [-0.3, -0.25) is 0 Å². The molecule has 0 saturated heterocycles. The van der Waals surface area contributed by atoms with Gasteiger partial charge in [-0.15, -0.1) is 4.72 Å². The summed E-state index contributed by atoms with van der Waals surface area (Å²) in [4.78, 5) is 11.2. The summed E-state index contributed by atoms with van der Waals surface area (Å²) in [6.07, 6.45) is 1.03. The van der Waals surface area contributed by atoms with Gasteiger partial charge in [0.25, 0.3) is 0 Å². The fourth-order valence-corrected chi connectivity index (χ4v) is 3.19. The number of nitrogens with one attached hydrogen (secondary N) is 1. The van der Waals surface area contributed by atoms with Gasteiger partial charge in [-0.05, 0) is 51.3 Å². The second-order valence-corrected chi connectivity index (χ2v) is 7.88. The van der Waals surface area contributed by atoms with Gasteiger partial charge in [0, 0.05) is 16.9 Å². The molecule has 1 unspecified atom stereocenters. The molecule has 110 valence electrons. The lowest BCUT2D eigenvalue weighted by molar-refractivity contribution is 0.0695. The molecule has 2 rings (SSSR count). The van der Waals surface area contributed by atoms with Crippen LogP contribution in [-0.4, -0.2) is 20.4 Å². The summed E-state index contributed by atoms with van der Waals surface area (Å²) in [7, 11) is 0. The van der Waals surface area contributed by atoms with Crippen molar-refractivity contribution in [2.75, 3.05) is 0 Å². The van der Waals surface area contributed by atoms with E-state index in [1.165, 1.54) is 12.1 Å². The van der Waals surface area contributed by atoms with Crippen LogP contribution in [0.3, 0.4) is 0 Å². The molecule has 1 aromatic rings. The Balaban J connectivity index is 2.33. The van der Waals surface area contributed by atoms with Gasteiger partial charge < -0.3 is 9.66 Å². The summed E-state index contributed by atoms with van der Waals surface area (Å²) in [5.41, 5.74) is 0.996.